The first kappa shape index (κ1) is 10.9. The zero-order valence-electron chi connectivity index (χ0n) is 8.12. The highest BCUT2D eigenvalue weighted by Crippen LogP contribution is 2.17. The number of hydrogen-bond acceptors (Lipinski definition) is 3. The van der Waals surface area contributed by atoms with Crippen LogP contribution in [0.25, 0.3) is 0 Å². The van der Waals surface area contributed by atoms with Gasteiger partial charge in [0.25, 0.3) is 0 Å². The molecule has 1 heterocycles. The highest BCUT2D eigenvalue weighted by molar-refractivity contribution is 7.80. The Bertz CT molecular complexity index is 167. The molecule has 0 aromatic rings. The molecule has 0 aromatic heterocycles. The Kier molecular flexibility index (Phi) is 4.59. The first-order valence-electron chi connectivity index (χ1n) is 4.88. The van der Waals surface area contributed by atoms with Crippen LogP contribution in [-0.2, 0) is 4.79 Å². The predicted octanol–water partition coefficient (Wildman–Crippen LogP) is 0.722. The SMILES string of the molecule is CCNC(=O)C1CCN(CS)CC1. The van der Waals surface area contributed by atoms with Crippen LogP contribution in [0.4, 0.5) is 0 Å². The van der Waals surface area contributed by atoms with Gasteiger partial charge in [-0.1, -0.05) is 0 Å². The highest BCUT2D eigenvalue weighted by atomic mass is 32.1. The van der Waals surface area contributed by atoms with Crippen molar-refractivity contribution in [2.75, 3.05) is 25.5 Å². The topological polar surface area (TPSA) is 32.3 Å². The smallest absolute Gasteiger partial charge is 0.223 e. The van der Waals surface area contributed by atoms with Crippen LogP contribution in [0.15, 0.2) is 0 Å². The van der Waals surface area contributed by atoms with Gasteiger partial charge in [0.1, 0.15) is 0 Å². The van der Waals surface area contributed by atoms with Gasteiger partial charge < -0.3 is 5.32 Å². The molecular weight excluding hydrogens is 184 g/mol. The van der Waals surface area contributed by atoms with Crippen LogP contribution in [0.2, 0.25) is 0 Å². The predicted molar refractivity (Wildman–Crippen MR) is 56.8 cm³/mol. The second-order valence-electron chi connectivity index (χ2n) is 3.43. The van der Waals surface area contributed by atoms with Crippen LogP contribution in [-0.4, -0.2) is 36.3 Å². The summed E-state index contributed by atoms with van der Waals surface area (Å²) in [5, 5.41) is 2.87. The standard InChI is InChI=1S/C9H18N2OS/c1-2-10-9(12)8-3-5-11(7-13)6-4-8/h8,13H,2-7H2,1H3,(H,10,12). The molecular formula is C9H18N2OS. The van der Waals surface area contributed by atoms with Gasteiger partial charge in [0.05, 0.1) is 0 Å². The molecule has 0 unspecified atom stereocenters. The van der Waals surface area contributed by atoms with Crippen LogP contribution >= 0.6 is 12.6 Å². The van der Waals surface area contributed by atoms with Crippen LogP contribution < -0.4 is 5.32 Å². The van der Waals surface area contributed by atoms with E-state index in [4.69, 9.17) is 0 Å². The van der Waals surface area contributed by atoms with E-state index in [1.807, 2.05) is 6.92 Å². The number of thiol groups is 1. The second kappa shape index (κ2) is 5.50. The summed E-state index contributed by atoms with van der Waals surface area (Å²) in [6.07, 6.45) is 1.96. The number of piperidine rings is 1. The van der Waals surface area contributed by atoms with Crippen LogP contribution in [0.5, 0.6) is 0 Å². The molecule has 0 bridgehead atoms. The van der Waals surface area contributed by atoms with Crippen molar-refractivity contribution in [1.29, 1.82) is 0 Å². The van der Waals surface area contributed by atoms with Crippen LogP contribution in [0.3, 0.4) is 0 Å². The molecule has 76 valence electrons. The van der Waals surface area contributed by atoms with Crippen molar-refractivity contribution in [2.24, 2.45) is 5.92 Å². The van der Waals surface area contributed by atoms with Crippen molar-refractivity contribution in [3.8, 4) is 0 Å². The number of carbonyl (C=O) groups is 1. The van der Waals surface area contributed by atoms with Crippen molar-refractivity contribution < 1.29 is 4.79 Å². The Hall–Kier alpha value is -0.220. The zero-order valence-corrected chi connectivity index (χ0v) is 9.02. The summed E-state index contributed by atoms with van der Waals surface area (Å²) >= 11 is 4.21. The highest BCUT2D eigenvalue weighted by Gasteiger charge is 2.23. The van der Waals surface area contributed by atoms with Crippen molar-refractivity contribution in [2.45, 2.75) is 19.8 Å². The number of likely N-dealkylation sites (tertiary alicyclic amines) is 1. The lowest BCUT2D eigenvalue weighted by molar-refractivity contribution is -0.126. The van der Waals surface area contributed by atoms with Gasteiger partial charge in [0.15, 0.2) is 0 Å². The first-order chi connectivity index (χ1) is 6.27. The molecule has 13 heavy (non-hydrogen) atoms. The van der Waals surface area contributed by atoms with Gasteiger partial charge in [0.2, 0.25) is 5.91 Å². The summed E-state index contributed by atoms with van der Waals surface area (Å²) < 4.78 is 0. The third-order valence-corrected chi connectivity index (χ3v) is 2.91. The molecule has 1 fully saturated rings. The molecule has 1 aliphatic heterocycles. The minimum absolute atomic E-state index is 0.223. The molecule has 0 spiro atoms. The molecule has 0 aromatic carbocycles. The summed E-state index contributed by atoms with van der Waals surface area (Å²) in [6, 6.07) is 0. The molecule has 1 amide bonds. The molecule has 3 nitrogen and oxygen atoms in total. The summed E-state index contributed by atoms with van der Waals surface area (Å²) in [4.78, 5) is 13.7. The lowest BCUT2D eigenvalue weighted by Gasteiger charge is -2.29. The van der Waals surface area contributed by atoms with E-state index in [0.717, 1.165) is 38.4 Å². The normalized spacial score (nSPS) is 20.2. The van der Waals surface area contributed by atoms with Crippen molar-refractivity contribution in [3.63, 3.8) is 0 Å². The zero-order chi connectivity index (χ0) is 9.68. The Morgan fingerprint density at radius 3 is 2.62 bits per heavy atom. The fourth-order valence-corrected chi connectivity index (χ4v) is 1.94. The van der Waals surface area contributed by atoms with Gasteiger partial charge in [-0.15, -0.1) is 0 Å². The summed E-state index contributed by atoms with van der Waals surface area (Å²) in [5.41, 5.74) is 0. The van der Waals surface area contributed by atoms with E-state index in [1.54, 1.807) is 0 Å². The lowest BCUT2D eigenvalue weighted by atomic mass is 9.96. The number of nitrogens with one attached hydrogen (secondary N) is 1. The largest absolute Gasteiger partial charge is 0.356 e. The van der Waals surface area contributed by atoms with E-state index in [1.165, 1.54) is 0 Å². The van der Waals surface area contributed by atoms with E-state index in [-0.39, 0.29) is 11.8 Å². The van der Waals surface area contributed by atoms with E-state index < -0.39 is 0 Å². The summed E-state index contributed by atoms with van der Waals surface area (Å²) in [5.74, 6) is 1.26. The fourth-order valence-electron chi connectivity index (χ4n) is 1.66. The minimum Gasteiger partial charge on any atom is -0.356 e. The van der Waals surface area contributed by atoms with Gasteiger partial charge in [0, 0.05) is 18.3 Å². The third-order valence-electron chi connectivity index (χ3n) is 2.51. The minimum atomic E-state index is 0.223. The average molecular weight is 202 g/mol. The maximum atomic E-state index is 11.4. The number of amides is 1. The monoisotopic (exact) mass is 202 g/mol. The molecule has 1 rings (SSSR count). The summed E-state index contributed by atoms with van der Waals surface area (Å²) in [6.45, 7) is 4.71. The number of rotatable bonds is 3. The van der Waals surface area contributed by atoms with Crippen molar-refractivity contribution in [1.82, 2.24) is 10.2 Å². The second-order valence-corrected chi connectivity index (χ2v) is 3.71. The first-order valence-corrected chi connectivity index (χ1v) is 5.52. The number of nitrogens with zero attached hydrogens (tertiary/aromatic N) is 1. The number of carbonyl (C=O) groups excluding carboxylic acids is 1. The van der Waals surface area contributed by atoms with Gasteiger partial charge >= 0.3 is 0 Å². The maximum absolute atomic E-state index is 11.4. The molecule has 0 saturated carbocycles. The van der Waals surface area contributed by atoms with E-state index in [2.05, 4.69) is 22.8 Å². The van der Waals surface area contributed by atoms with Crippen LogP contribution in [0, 0.1) is 5.92 Å². The Morgan fingerprint density at radius 1 is 1.54 bits per heavy atom. The Balaban J connectivity index is 2.28. The lowest BCUT2D eigenvalue weighted by Crippen LogP contribution is -2.39. The molecule has 1 aliphatic rings. The van der Waals surface area contributed by atoms with Crippen molar-refractivity contribution in [3.05, 3.63) is 0 Å². The van der Waals surface area contributed by atoms with Gasteiger partial charge in [-0.2, -0.15) is 12.6 Å². The van der Waals surface area contributed by atoms with Gasteiger partial charge in [-0.05, 0) is 32.9 Å². The molecule has 4 heteroatoms. The van der Waals surface area contributed by atoms with E-state index in [9.17, 15) is 4.79 Å². The van der Waals surface area contributed by atoms with E-state index in [0.29, 0.717) is 0 Å². The molecule has 0 atom stereocenters. The quantitative estimate of drug-likeness (QED) is 0.661. The molecule has 1 N–H and O–H groups in total. The molecule has 0 aliphatic carbocycles. The maximum Gasteiger partial charge on any atom is 0.223 e. The Morgan fingerprint density at radius 2 is 2.15 bits per heavy atom. The van der Waals surface area contributed by atoms with Gasteiger partial charge in [-0.25, -0.2) is 0 Å². The average Bonchev–Trinajstić information content (AvgIpc) is 2.18. The van der Waals surface area contributed by atoms with E-state index >= 15 is 0 Å². The fraction of sp³-hybridized carbons (Fsp3) is 0.889. The molecule has 0 radical (unpaired) electrons. The van der Waals surface area contributed by atoms with Crippen LogP contribution in [0.1, 0.15) is 19.8 Å². The number of hydrogen-bond donors (Lipinski definition) is 2. The van der Waals surface area contributed by atoms with Gasteiger partial charge in [-0.3, -0.25) is 9.69 Å². The van der Waals surface area contributed by atoms with Crippen molar-refractivity contribution >= 4 is 18.5 Å². The Labute approximate surface area is 85.3 Å². The molecule has 1 saturated heterocycles. The summed E-state index contributed by atoms with van der Waals surface area (Å²) in [7, 11) is 0. The third kappa shape index (κ3) is 3.19.